The minimum absolute atomic E-state index is 0.676. The van der Waals surface area contributed by atoms with Crippen LogP contribution in [0.25, 0.3) is 0 Å². The Morgan fingerprint density at radius 1 is 1.50 bits per heavy atom. The lowest BCUT2D eigenvalue weighted by molar-refractivity contribution is 0.339. The highest BCUT2D eigenvalue weighted by Gasteiger charge is 2.16. The van der Waals surface area contributed by atoms with Gasteiger partial charge in [-0.2, -0.15) is 0 Å². The van der Waals surface area contributed by atoms with E-state index in [1.165, 1.54) is 12.0 Å². The molecule has 1 aromatic rings. The minimum Gasteiger partial charge on any atom is -0.494 e. The molecule has 1 saturated heterocycles. The Kier molecular flexibility index (Phi) is 3.04. The van der Waals surface area contributed by atoms with Crippen LogP contribution in [0.1, 0.15) is 24.8 Å². The van der Waals surface area contributed by atoms with Crippen LogP contribution in [-0.2, 0) is 0 Å². The molecule has 1 atom stereocenters. The SMILES string of the molecule is CCOc1cccc(C2CCNC2)c1. The fraction of sp³-hybridized carbons (Fsp3) is 0.500. The Hall–Kier alpha value is -1.02. The molecule has 0 radical (unpaired) electrons. The lowest BCUT2D eigenvalue weighted by atomic mass is 9.98. The van der Waals surface area contributed by atoms with E-state index in [2.05, 4.69) is 23.5 Å². The highest BCUT2D eigenvalue weighted by molar-refractivity contribution is 5.31. The van der Waals surface area contributed by atoms with Gasteiger partial charge in [-0.15, -0.1) is 0 Å². The highest BCUT2D eigenvalue weighted by Crippen LogP contribution is 2.25. The van der Waals surface area contributed by atoms with Crippen LogP contribution in [-0.4, -0.2) is 19.7 Å². The van der Waals surface area contributed by atoms with Crippen molar-refractivity contribution in [2.45, 2.75) is 19.3 Å². The average Bonchev–Trinajstić information content (AvgIpc) is 2.71. The van der Waals surface area contributed by atoms with Crippen LogP contribution in [0.2, 0.25) is 0 Å². The summed E-state index contributed by atoms with van der Waals surface area (Å²) in [5, 5.41) is 3.38. The second-order valence-electron chi connectivity index (χ2n) is 3.70. The first kappa shape index (κ1) is 9.53. The smallest absolute Gasteiger partial charge is 0.119 e. The molecule has 0 saturated carbocycles. The number of ether oxygens (including phenoxy) is 1. The fourth-order valence-electron chi connectivity index (χ4n) is 1.96. The molecule has 14 heavy (non-hydrogen) atoms. The maximum atomic E-state index is 5.49. The predicted molar refractivity (Wildman–Crippen MR) is 57.8 cm³/mol. The van der Waals surface area contributed by atoms with Gasteiger partial charge in [0.25, 0.3) is 0 Å². The predicted octanol–water partition coefficient (Wildman–Crippen LogP) is 2.16. The van der Waals surface area contributed by atoms with E-state index in [1.54, 1.807) is 0 Å². The van der Waals surface area contributed by atoms with Gasteiger partial charge in [-0.3, -0.25) is 0 Å². The van der Waals surface area contributed by atoms with Crippen LogP contribution < -0.4 is 10.1 Å². The third kappa shape index (κ3) is 2.07. The maximum Gasteiger partial charge on any atom is 0.119 e. The Balaban J connectivity index is 2.12. The molecule has 76 valence electrons. The first-order valence-corrected chi connectivity index (χ1v) is 5.33. The normalized spacial score (nSPS) is 21.1. The Bertz CT molecular complexity index is 292. The van der Waals surface area contributed by atoms with Crippen molar-refractivity contribution in [3.8, 4) is 5.75 Å². The second-order valence-corrected chi connectivity index (χ2v) is 3.70. The van der Waals surface area contributed by atoms with Crippen molar-refractivity contribution in [2.75, 3.05) is 19.7 Å². The summed E-state index contributed by atoms with van der Waals surface area (Å²) in [5.74, 6) is 1.67. The Morgan fingerprint density at radius 3 is 3.14 bits per heavy atom. The van der Waals surface area contributed by atoms with E-state index in [-0.39, 0.29) is 0 Å². The quantitative estimate of drug-likeness (QED) is 0.790. The fourth-order valence-corrected chi connectivity index (χ4v) is 1.96. The third-order valence-corrected chi connectivity index (χ3v) is 2.70. The molecule has 1 N–H and O–H groups in total. The van der Waals surface area contributed by atoms with E-state index in [9.17, 15) is 0 Å². The molecule has 0 spiro atoms. The standard InChI is InChI=1S/C12H17NO/c1-2-14-12-5-3-4-10(8-12)11-6-7-13-9-11/h3-5,8,11,13H,2,6-7,9H2,1H3. The summed E-state index contributed by atoms with van der Waals surface area (Å²) in [6, 6.07) is 8.47. The van der Waals surface area contributed by atoms with Gasteiger partial charge in [0.15, 0.2) is 0 Å². The number of rotatable bonds is 3. The van der Waals surface area contributed by atoms with Gasteiger partial charge in [-0.05, 0) is 43.5 Å². The van der Waals surface area contributed by atoms with Gasteiger partial charge in [-0.25, -0.2) is 0 Å². The second kappa shape index (κ2) is 4.47. The first-order valence-electron chi connectivity index (χ1n) is 5.33. The first-order chi connectivity index (χ1) is 6.90. The van der Waals surface area contributed by atoms with Gasteiger partial charge in [0, 0.05) is 6.54 Å². The number of nitrogens with one attached hydrogen (secondary N) is 1. The van der Waals surface area contributed by atoms with Crippen molar-refractivity contribution in [1.82, 2.24) is 5.32 Å². The van der Waals surface area contributed by atoms with E-state index in [0.717, 1.165) is 25.4 Å². The van der Waals surface area contributed by atoms with Gasteiger partial charge in [0.1, 0.15) is 5.75 Å². The van der Waals surface area contributed by atoms with Crippen molar-refractivity contribution < 1.29 is 4.74 Å². The molecule has 0 aliphatic carbocycles. The average molecular weight is 191 g/mol. The van der Waals surface area contributed by atoms with Gasteiger partial charge >= 0.3 is 0 Å². The summed E-state index contributed by atoms with van der Waals surface area (Å²) >= 11 is 0. The third-order valence-electron chi connectivity index (χ3n) is 2.70. The molecule has 0 aromatic heterocycles. The molecule has 1 aliphatic rings. The zero-order valence-electron chi connectivity index (χ0n) is 8.62. The molecule has 1 unspecified atom stereocenters. The van der Waals surface area contributed by atoms with Crippen LogP contribution >= 0.6 is 0 Å². The van der Waals surface area contributed by atoms with Crippen molar-refractivity contribution in [3.63, 3.8) is 0 Å². The number of hydrogen-bond acceptors (Lipinski definition) is 2. The zero-order valence-corrected chi connectivity index (χ0v) is 8.62. The molecule has 2 nitrogen and oxygen atoms in total. The Morgan fingerprint density at radius 2 is 2.43 bits per heavy atom. The summed E-state index contributed by atoms with van der Waals surface area (Å²) < 4.78 is 5.49. The summed E-state index contributed by atoms with van der Waals surface area (Å²) in [6.07, 6.45) is 1.25. The molecule has 1 fully saturated rings. The van der Waals surface area contributed by atoms with Crippen molar-refractivity contribution in [2.24, 2.45) is 0 Å². The molecule has 2 rings (SSSR count). The van der Waals surface area contributed by atoms with Gasteiger partial charge in [0.05, 0.1) is 6.61 Å². The molecule has 1 heterocycles. The zero-order chi connectivity index (χ0) is 9.80. The molecular weight excluding hydrogens is 174 g/mol. The van der Waals surface area contributed by atoms with E-state index in [4.69, 9.17) is 4.74 Å². The van der Waals surface area contributed by atoms with Crippen LogP contribution in [0.15, 0.2) is 24.3 Å². The molecule has 2 heteroatoms. The number of benzene rings is 1. The van der Waals surface area contributed by atoms with E-state index in [0.29, 0.717) is 5.92 Å². The Labute approximate surface area is 85.3 Å². The monoisotopic (exact) mass is 191 g/mol. The van der Waals surface area contributed by atoms with E-state index in [1.807, 2.05) is 13.0 Å². The molecular formula is C12H17NO. The summed E-state index contributed by atoms with van der Waals surface area (Å²) in [5.41, 5.74) is 1.40. The van der Waals surface area contributed by atoms with Gasteiger partial charge < -0.3 is 10.1 Å². The molecule has 1 aromatic carbocycles. The lowest BCUT2D eigenvalue weighted by Gasteiger charge is -2.10. The van der Waals surface area contributed by atoms with Crippen LogP contribution in [0.5, 0.6) is 5.75 Å². The van der Waals surface area contributed by atoms with Crippen LogP contribution in [0, 0.1) is 0 Å². The lowest BCUT2D eigenvalue weighted by Crippen LogP contribution is -2.08. The molecule has 0 amide bonds. The summed E-state index contributed by atoms with van der Waals surface area (Å²) in [4.78, 5) is 0. The minimum atomic E-state index is 0.676. The highest BCUT2D eigenvalue weighted by atomic mass is 16.5. The van der Waals surface area contributed by atoms with Crippen molar-refractivity contribution in [3.05, 3.63) is 29.8 Å². The summed E-state index contributed by atoms with van der Waals surface area (Å²) in [7, 11) is 0. The van der Waals surface area contributed by atoms with Crippen molar-refractivity contribution in [1.29, 1.82) is 0 Å². The van der Waals surface area contributed by atoms with Gasteiger partial charge in [-0.1, -0.05) is 12.1 Å². The topological polar surface area (TPSA) is 21.3 Å². The largest absolute Gasteiger partial charge is 0.494 e. The van der Waals surface area contributed by atoms with Crippen molar-refractivity contribution >= 4 is 0 Å². The molecule has 0 bridgehead atoms. The van der Waals surface area contributed by atoms with Crippen LogP contribution in [0.4, 0.5) is 0 Å². The number of hydrogen-bond donors (Lipinski definition) is 1. The molecule has 1 aliphatic heterocycles. The van der Waals surface area contributed by atoms with E-state index < -0.39 is 0 Å². The maximum absolute atomic E-state index is 5.49. The van der Waals surface area contributed by atoms with E-state index >= 15 is 0 Å². The van der Waals surface area contributed by atoms with Crippen LogP contribution in [0.3, 0.4) is 0 Å². The summed E-state index contributed by atoms with van der Waals surface area (Å²) in [6.45, 7) is 5.01. The van der Waals surface area contributed by atoms with Gasteiger partial charge in [0.2, 0.25) is 0 Å².